The van der Waals surface area contributed by atoms with Crippen LogP contribution >= 0.6 is 0 Å². The monoisotopic (exact) mass is 249 g/mol. The molecule has 3 N–H and O–H groups in total. The van der Waals surface area contributed by atoms with Crippen molar-refractivity contribution < 1.29 is 18.0 Å². The van der Waals surface area contributed by atoms with Crippen LogP contribution in [0.4, 0.5) is 13.2 Å². The first-order valence-corrected chi connectivity index (χ1v) is 5.13. The third-order valence-electron chi connectivity index (χ3n) is 2.27. The maximum Gasteiger partial charge on any atom is 0.392 e. The van der Waals surface area contributed by atoms with Gasteiger partial charge in [-0.1, -0.05) is 0 Å². The predicted molar refractivity (Wildman–Crippen MR) is 56.6 cm³/mol. The lowest BCUT2D eigenvalue weighted by Gasteiger charge is -2.19. The quantitative estimate of drug-likeness (QED) is 0.830. The summed E-state index contributed by atoms with van der Waals surface area (Å²) in [5.74, 6) is -2.37. The first-order valence-electron chi connectivity index (χ1n) is 5.13. The minimum absolute atomic E-state index is 0.0963. The lowest BCUT2D eigenvalue weighted by Crippen LogP contribution is -2.32. The van der Waals surface area contributed by atoms with Crippen LogP contribution in [0, 0.1) is 5.92 Å². The molecule has 1 aromatic heterocycles. The molecule has 1 heterocycles. The Morgan fingerprint density at radius 3 is 2.41 bits per heavy atom. The summed E-state index contributed by atoms with van der Waals surface area (Å²) >= 11 is 0. The molecular formula is C10H14F3N3O. The number of nitrogens with zero attached hydrogens (tertiary/aromatic N) is 1. The molecule has 0 aliphatic heterocycles. The molecule has 17 heavy (non-hydrogen) atoms. The highest BCUT2D eigenvalue weighted by atomic mass is 19.4. The second-order valence-electron chi connectivity index (χ2n) is 3.65. The van der Waals surface area contributed by atoms with Crippen LogP contribution in [0.5, 0.6) is 0 Å². The molecule has 7 heteroatoms. The highest BCUT2D eigenvalue weighted by Crippen LogP contribution is 2.31. The Bertz CT molecular complexity index is 348. The van der Waals surface area contributed by atoms with Crippen LogP contribution in [0.25, 0.3) is 0 Å². The molecule has 0 fully saturated rings. The number of nitrogens with one attached hydrogen (secondary N) is 1. The van der Waals surface area contributed by atoms with Gasteiger partial charge in [-0.15, -0.1) is 0 Å². The van der Waals surface area contributed by atoms with Crippen molar-refractivity contribution in [2.24, 2.45) is 11.7 Å². The van der Waals surface area contributed by atoms with E-state index in [1.165, 1.54) is 17.1 Å². The number of rotatable bonds is 5. The number of hydrogen-bond donors (Lipinski definition) is 2. The molecule has 1 rings (SSSR count). The number of aromatic nitrogens is 1. The van der Waals surface area contributed by atoms with Gasteiger partial charge in [0.05, 0.1) is 5.92 Å². The Morgan fingerprint density at radius 1 is 1.35 bits per heavy atom. The van der Waals surface area contributed by atoms with Crippen LogP contribution < -0.4 is 11.2 Å². The molecule has 1 aromatic rings. The maximum atomic E-state index is 12.5. The van der Waals surface area contributed by atoms with Crippen molar-refractivity contribution in [2.45, 2.75) is 19.0 Å². The molecule has 0 saturated heterocycles. The number of nitrogens with two attached hydrogens (primary N) is 1. The van der Waals surface area contributed by atoms with Crippen molar-refractivity contribution in [1.82, 2.24) is 4.68 Å². The van der Waals surface area contributed by atoms with E-state index in [1.54, 1.807) is 12.1 Å². The predicted octanol–water partition coefficient (Wildman–Crippen LogP) is 1.48. The summed E-state index contributed by atoms with van der Waals surface area (Å²) in [6.07, 6.45) is -2.19. The van der Waals surface area contributed by atoms with Gasteiger partial charge in [0.25, 0.3) is 0 Å². The van der Waals surface area contributed by atoms with Crippen molar-refractivity contribution in [3.8, 4) is 0 Å². The molecule has 1 atom stereocenters. The van der Waals surface area contributed by atoms with Gasteiger partial charge in [0.1, 0.15) is 0 Å². The summed E-state index contributed by atoms with van der Waals surface area (Å²) in [5.41, 5.74) is 7.42. The highest BCUT2D eigenvalue weighted by Gasteiger charge is 2.40. The zero-order valence-electron chi connectivity index (χ0n) is 9.07. The van der Waals surface area contributed by atoms with E-state index in [0.29, 0.717) is 0 Å². The summed E-state index contributed by atoms with van der Waals surface area (Å²) in [7, 11) is 0. The molecule has 0 aliphatic carbocycles. The van der Waals surface area contributed by atoms with E-state index in [-0.39, 0.29) is 13.0 Å². The van der Waals surface area contributed by atoms with E-state index in [2.05, 4.69) is 5.43 Å². The molecule has 0 radical (unpaired) electrons. The molecule has 0 saturated carbocycles. The number of halogens is 3. The fourth-order valence-corrected chi connectivity index (χ4v) is 1.41. The van der Waals surface area contributed by atoms with Crippen LogP contribution in [0.15, 0.2) is 24.5 Å². The minimum Gasteiger partial charge on any atom is -0.330 e. The standard InChI is InChI=1S/C10H14F3N3O/c11-10(12,13)8(3-4-14)7-9(17)15-16-5-1-2-6-16/h1-2,5-6,8H,3-4,7,14H2,(H,15,17). The fourth-order valence-electron chi connectivity index (χ4n) is 1.41. The van der Waals surface area contributed by atoms with E-state index in [0.717, 1.165) is 0 Å². The van der Waals surface area contributed by atoms with E-state index in [1.807, 2.05) is 0 Å². The molecule has 0 bridgehead atoms. The van der Waals surface area contributed by atoms with Gasteiger partial charge in [0, 0.05) is 18.8 Å². The van der Waals surface area contributed by atoms with Crippen molar-refractivity contribution in [3.63, 3.8) is 0 Å². The normalized spacial score (nSPS) is 13.4. The van der Waals surface area contributed by atoms with Crippen LogP contribution in [0.3, 0.4) is 0 Å². The van der Waals surface area contributed by atoms with Gasteiger partial charge >= 0.3 is 6.18 Å². The largest absolute Gasteiger partial charge is 0.392 e. The van der Waals surface area contributed by atoms with Gasteiger partial charge in [-0.3, -0.25) is 14.9 Å². The average Bonchev–Trinajstić information content (AvgIpc) is 2.68. The van der Waals surface area contributed by atoms with Crippen molar-refractivity contribution in [1.29, 1.82) is 0 Å². The number of alkyl halides is 3. The van der Waals surface area contributed by atoms with E-state index >= 15 is 0 Å². The highest BCUT2D eigenvalue weighted by molar-refractivity contribution is 5.83. The third-order valence-corrected chi connectivity index (χ3v) is 2.27. The zero-order chi connectivity index (χ0) is 12.9. The van der Waals surface area contributed by atoms with Crippen molar-refractivity contribution >= 4 is 5.91 Å². The van der Waals surface area contributed by atoms with E-state index in [9.17, 15) is 18.0 Å². The van der Waals surface area contributed by atoms with Gasteiger partial charge in [0.2, 0.25) is 5.91 Å². The van der Waals surface area contributed by atoms with Gasteiger partial charge in [0.15, 0.2) is 0 Å². The first-order chi connectivity index (χ1) is 7.93. The van der Waals surface area contributed by atoms with Crippen LogP contribution in [0.1, 0.15) is 12.8 Å². The van der Waals surface area contributed by atoms with E-state index in [4.69, 9.17) is 5.73 Å². The Morgan fingerprint density at radius 2 is 1.94 bits per heavy atom. The number of carbonyl (C=O) groups excluding carboxylic acids is 1. The summed E-state index contributed by atoms with van der Waals surface area (Å²) in [5, 5.41) is 0. The van der Waals surface area contributed by atoms with Gasteiger partial charge < -0.3 is 5.73 Å². The summed E-state index contributed by atoms with van der Waals surface area (Å²) < 4.78 is 38.8. The molecule has 1 amide bonds. The number of carbonyl (C=O) groups is 1. The zero-order valence-corrected chi connectivity index (χ0v) is 9.07. The Kier molecular flexibility index (Phi) is 4.56. The molecule has 1 unspecified atom stereocenters. The second-order valence-corrected chi connectivity index (χ2v) is 3.65. The van der Waals surface area contributed by atoms with Crippen LogP contribution in [-0.4, -0.2) is 23.3 Å². The number of hydrogen-bond acceptors (Lipinski definition) is 2. The molecule has 4 nitrogen and oxygen atoms in total. The molecule has 0 aliphatic rings. The molecular weight excluding hydrogens is 235 g/mol. The molecule has 0 spiro atoms. The van der Waals surface area contributed by atoms with Crippen molar-refractivity contribution in [2.75, 3.05) is 12.0 Å². The topological polar surface area (TPSA) is 60.1 Å². The Labute approximate surface area is 96.6 Å². The lowest BCUT2D eigenvalue weighted by atomic mass is 10.0. The van der Waals surface area contributed by atoms with Crippen LogP contribution in [-0.2, 0) is 4.79 Å². The maximum absolute atomic E-state index is 12.5. The van der Waals surface area contributed by atoms with Gasteiger partial charge in [-0.05, 0) is 25.1 Å². The van der Waals surface area contributed by atoms with Crippen molar-refractivity contribution in [3.05, 3.63) is 24.5 Å². The Hall–Kier alpha value is -1.50. The lowest BCUT2D eigenvalue weighted by molar-refractivity contribution is -0.179. The Balaban J connectivity index is 2.52. The summed E-state index contributed by atoms with van der Waals surface area (Å²) in [6.45, 7) is -0.0963. The van der Waals surface area contributed by atoms with Gasteiger partial charge in [-0.2, -0.15) is 13.2 Å². The SMILES string of the molecule is NCCC(CC(=O)Nn1cccc1)C(F)(F)F. The first kappa shape index (κ1) is 13.6. The van der Waals surface area contributed by atoms with Crippen LogP contribution in [0.2, 0.25) is 0 Å². The number of amides is 1. The smallest absolute Gasteiger partial charge is 0.330 e. The minimum atomic E-state index is -4.40. The molecule has 96 valence electrons. The second kappa shape index (κ2) is 5.72. The molecule has 0 aromatic carbocycles. The average molecular weight is 249 g/mol. The third kappa shape index (κ3) is 4.48. The van der Waals surface area contributed by atoms with Gasteiger partial charge in [-0.25, -0.2) is 0 Å². The van der Waals surface area contributed by atoms with E-state index < -0.39 is 24.4 Å². The fraction of sp³-hybridized carbons (Fsp3) is 0.500. The summed E-state index contributed by atoms with van der Waals surface area (Å²) in [6, 6.07) is 3.31. The summed E-state index contributed by atoms with van der Waals surface area (Å²) in [4.78, 5) is 11.4.